The zero-order valence-electron chi connectivity index (χ0n) is 29.0. The van der Waals surface area contributed by atoms with Crippen LogP contribution in [0.3, 0.4) is 0 Å². The predicted octanol–water partition coefficient (Wildman–Crippen LogP) is 5.26. The first kappa shape index (κ1) is 34.8. The van der Waals surface area contributed by atoms with Crippen molar-refractivity contribution >= 4 is 45.2 Å². The Morgan fingerprint density at radius 2 is 1.77 bits per heavy atom. The van der Waals surface area contributed by atoms with E-state index in [1.807, 2.05) is 36.4 Å². The van der Waals surface area contributed by atoms with E-state index in [1.165, 1.54) is 22.2 Å². The summed E-state index contributed by atoms with van der Waals surface area (Å²) in [6.07, 6.45) is 3.92. The number of halogens is 2. The second-order valence-corrected chi connectivity index (χ2v) is 12.9. The SMILES string of the molecule is Cn1c(=O)n(C)c2c(C(C)(F)F)cc(-c3cccc4cc(-c5ccc(C(=O)NCC#Cc6cccc(NC7CCC(=O)NC7=O)c6)nc5)ncc34)cc21. The fourth-order valence-electron chi connectivity index (χ4n) is 6.48. The molecular formula is C40H33F2N7O4. The van der Waals surface area contributed by atoms with Crippen molar-refractivity contribution in [2.45, 2.75) is 31.7 Å². The van der Waals surface area contributed by atoms with E-state index in [9.17, 15) is 28.0 Å². The van der Waals surface area contributed by atoms with Crippen LogP contribution in [0.4, 0.5) is 14.5 Å². The fourth-order valence-corrected chi connectivity index (χ4v) is 6.48. The highest BCUT2D eigenvalue weighted by Gasteiger charge is 2.31. The average Bonchev–Trinajstić information content (AvgIpc) is 3.36. The number of amides is 3. The second kappa shape index (κ2) is 13.8. The molecule has 0 aliphatic carbocycles. The Balaban J connectivity index is 1.04. The number of nitrogens with zero attached hydrogens (tertiary/aromatic N) is 4. The van der Waals surface area contributed by atoms with Crippen LogP contribution < -0.4 is 21.6 Å². The topological polar surface area (TPSA) is 140 Å². The number of carbonyl (C=O) groups is 3. The zero-order chi connectivity index (χ0) is 37.4. The Morgan fingerprint density at radius 3 is 2.53 bits per heavy atom. The highest BCUT2D eigenvalue weighted by Crippen LogP contribution is 2.38. The standard InChI is InChI=1S/C40H33F2N7O4/c1-40(41,42)30-18-26(20-34-36(30)49(3)39(53)48(34)2)28-11-5-9-24-19-33(45-22-29(24)28)25-12-13-31(44-21-25)37(51)43-16-6-8-23-7-4-10-27(17-23)46-32-14-15-35(50)47-38(32)52/h4-5,7,9-13,17-22,32,46H,14-16H2,1-3H3,(H,43,51)(H,47,50,52). The number of piperidine rings is 1. The van der Waals surface area contributed by atoms with Gasteiger partial charge in [0.15, 0.2) is 0 Å². The van der Waals surface area contributed by atoms with Gasteiger partial charge in [0.05, 0.1) is 23.3 Å². The molecule has 11 nitrogen and oxygen atoms in total. The molecule has 53 heavy (non-hydrogen) atoms. The third-order valence-corrected chi connectivity index (χ3v) is 9.21. The molecule has 3 N–H and O–H groups in total. The molecular weight excluding hydrogens is 680 g/mol. The molecule has 1 atom stereocenters. The van der Waals surface area contributed by atoms with Crippen LogP contribution in [0.15, 0.2) is 90.0 Å². The smallest absolute Gasteiger partial charge is 0.328 e. The van der Waals surface area contributed by atoms with E-state index in [0.29, 0.717) is 45.6 Å². The molecule has 7 rings (SSSR count). The molecule has 3 aromatic heterocycles. The number of imidazole rings is 1. The molecule has 1 aliphatic heterocycles. The van der Waals surface area contributed by atoms with E-state index in [1.54, 1.807) is 49.8 Å². The number of benzene rings is 3. The van der Waals surface area contributed by atoms with E-state index >= 15 is 0 Å². The minimum Gasteiger partial charge on any atom is -0.374 e. The number of imide groups is 1. The van der Waals surface area contributed by atoms with E-state index in [2.05, 4.69) is 37.8 Å². The van der Waals surface area contributed by atoms with Crippen molar-refractivity contribution in [3.8, 4) is 34.2 Å². The van der Waals surface area contributed by atoms with Gasteiger partial charge in [-0.05, 0) is 71.5 Å². The van der Waals surface area contributed by atoms with Gasteiger partial charge in [-0.25, -0.2) is 13.6 Å². The Bertz CT molecular complexity index is 2580. The summed E-state index contributed by atoms with van der Waals surface area (Å²) in [6, 6.07) is 20.7. The van der Waals surface area contributed by atoms with Gasteiger partial charge in [0.25, 0.3) is 11.8 Å². The molecule has 0 radical (unpaired) electrons. The molecule has 3 aromatic carbocycles. The number of fused-ring (bicyclic) bond motifs is 2. The molecule has 0 spiro atoms. The third-order valence-electron chi connectivity index (χ3n) is 9.21. The first-order valence-electron chi connectivity index (χ1n) is 16.8. The van der Waals surface area contributed by atoms with Gasteiger partial charge >= 0.3 is 5.69 Å². The lowest BCUT2D eigenvalue weighted by Crippen LogP contribution is -2.47. The van der Waals surface area contributed by atoms with Crippen LogP contribution in [-0.4, -0.2) is 49.4 Å². The summed E-state index contributed by atoms with van der Waals surface area (Å²) in [5, 5.41) is 9.74. The second-order valence-electron chi connectivity index (χ2n) is 12.9. The minimum atomic E-state index is -3.19. The molecule has 0 saturated carbocycles. The number of hydrogen-bond donors (Lipinski definition) is 3. The molecule has 3 amide bonds. The van der Waals surface area contributed by atoms with Crippen LogP contribution in [0.1, 0.15) is 41.4 Å². The first-order valence-corrected chi connectivity index (χ1v) is 16.8. The van der Waals surface area contributed by atoms with Gasteiger partial charge in [0, 0.05) is 67.6 Å². The van der Waals surface area contributed by atoms with Gasteiger partial charge in [-0.2, -0.15) is 0 Å². The number of hydrogen-bond acceptors (Lipinski definition) is 7. The molecule has 266 valence electrons. The highest BCUT2D eigenvalue weighted by atomic mass is 19.3. The van der Waals surface area contributed by atoms with Crippen molar-refractivity contribution in [1.82, 2.24) is 29.7 Å². The summed E-state index contributed by atoms with van der Waals surface area (Å²) in [6.45, 7) is 0.901. The molecule has 13 heteroatoms. The average molecular weight is 714 g/mol. The number of nitrogens with one attached hydrogen (secondary N) is 3. The van der Waals surface area contributed by atoms with Gasteiger partial charge in [0.1, 0.15) is 11.7 Å². The van der Waals surface area contributed by atoms with Crippen LogP contribution in [0.2, 0.25) is 0 Å². The molecule has 1 fully saturated rings. The van der Waals surface area contributed by atoms with Gasteiger partial charge < -0.3 is 10.6 Å². The number of aromatic nitrogens is 4. The molecule has 0 bridgehead atoms. The Hall–Kier alpha value is -6.68. The summed E-state index contributed by atoms with van der Waals surface area (Å²) in [4.78, 5) is 57.9. The highest BCUT2D eigenvalue weighted by molar-refractivity contribution is 6.02. The van der Waals surface area contributed by atoms with Crippen LogP contribution in [0, 0.1) is 11.8 Å². The summed E-state index contributed by atoms with van der Waals surface area (Å²) in [7, 11) is 3.05. The van der Waals surface area contributed by atoms with E-state index in [4.69, 9.17) is 0 Å². The van der Waals surface area contributed by atoms with E-state index in [-0.39, 0.29) is 41.6 Å². The van der Waals surface area contributed by atoms with Gasteiger partial charge in [-0.15, -0.1) is 0 Å². The summed E-state index contributed by atoms with van der Waals surface area (Å²) in [5.41, 5.74) is 4.05. The lowest BCUT2D eigenvalue weighted by molar-refractivity contribution is -0.133. The molecule has 1 aliphatic rings. The van der Waals surface area contributed by atoms with Crippen molar-refractivity contribution in [2.75, 3.05) is 11.9 Å². The number of carbonyl (C=O) groups excluding carboxylic acids is 3. The number of pyridine rings is 2. The zero-order valence-corrected chi connectivity index (χ0v) is 29.0. The van der Waals surface area contributed by atoms with Gasteiger partial charge in [0.2, 0.25) is 11.8 Å². The monoisotopic (exact) mass is 713 g/mol. The number of rotatable bonds is 7. The van der Waals surface area contributed by atoms with Crippen molar-refractivity contribution in [1.29, 1.82) is 0 Å². The van der Waals surface area contributed by atoms with Gasteiger partial charge in [-0.3, -0.25) is 38.8 Å². The summed E-state index contributed by atoms with van der Waals surface area (Å²) < 4.78 is 32.4. The molecule has 6 aromatic rings. The van der Waals surface area contributed by atoms with Crippen molar-refractivity contribution in [3.63, 3.8) is 0 Å². The third kappa shape index (κ3) is 6.99. The van der Waals surface area contributed by atoms with Crippen molar-refractivity contribution in [3.05, 3.63) is 112 Å². The predicted molar refractivity (Wildman–Crippen MR) is 197 cm³/mol. The maximum Gasteiger partial charge on any atom is 0.328 e. The molecule has 1 unspecified atom stereocenters. The Labute approximate surface area is 302 Å². The van der Waals surface area contributed by atoms with Gasteiger partial charge in [-0.1, -0.05) is 36.1 Å². The Kier molecular flexibility index (Phi) is 9.05. The lowest BCUT2D eigenvalue weighted by atomic mass is 9.95. The van der Waals surface area contributed by atoms with E-state index in [0.717, 1.165) is 17.7 Å². The molecule has 1 saturated heterocycles. The van der Waals surface area contributed by atoms with Crippen LogP contribution in [0.25, 0.3) is 44.2 Å². The van der Waals surface area contributed by atoms with Crippen molar-refractivity contribution < 1.29 is 23.2 Å². The van der Waals surface area contributed by atoms with Crippen molar-refractivity contribution in [2.24, 2.45) is 14.1 Å². The molecule has 4 heterocycles. The number of alkyl halides is 2. The summed E-state index contributed by atoms with van der Waals surface area (Å²) >= 11 is 0. The van der Waals surface area contributed by atoms with E-state index < -0.39 is 23.6 Å². The quantitative estimate of drug-likeness (QED) is 0.151. The fraction of sp³-hybridized carbons (Fsp3) is 0.200. The normalized spacial score (nSPS) is 14.5. The first-order chi connectivity index (χ1) is 25.4. The Morgan fingerprint density at radius 1 is 0.962 bits per heavy atom. The summed E-state index contributed by atoms with van der Waals surface area (Å²) in [5.74, 6) is 1.68. The van der Waals surface area contributed by atoms with Crippen LogP contribution in [0.5, 0.6) is 0 Å². The number of aryl methyl sites for hydroxylation is 2. The maximum atomic E-state index is 14.9. The number of anilines is 1. The lowest BCUT2D eigenvalue weighted by Gasteiger charge is -2.22. The maximum absolute atomic E-state index is 14.9. The minimum absolute atomic E-state index is 0.0759. The largest absolute Gasteiger partial charge is 0.374 e. The van der Waals surface area contributed by atoms with Crippen LogP contribution in [-0.2, 0) is 29.6 Å². The van der Waals surface area contributed by atoms with Crippen LogP contribution >= 0.6 is 0 Å².